The molecule has 1 aliphatic heterocycles. The summed E-state index contributed by atoms with van der Waals surface area (Å²) >= 11 is 1.63. The summed E-state index contributed by atoms with van der Waals surface area (Å²) in [4.78, 5) is 20.9. The van der Waals surface area contributed by atoms with Gasteiger partial charge >= 0.3 is 0 Å². The Balaban J connectivity index is 1.52. The second-order valence-electron chi connectivity index (χ2n) is 5.84. The van der Waals surface area contributed by atoms with Crippen LogP contribution >= 0.6 is 11.3 Å². The maximum absolute atomic E-state index is 13.0. The maximum Gasteiger partial charge on any atom is 0.223 e. The second kappa shape index (κ2) is 7.08. The Hall–Kier alpha value is -1.95. The van der Waals surface area contributed by atoms with Crippen molar-refractivity contribution in [3.05, 3.63) is 47.2 Å². The third kappa shape index (κ3) is 3.88. The van der Waals surface area contributed by atoms with Crippen molar-refractivity contribution in [3.8, 4) is 0 Å². The van der Waals surface area contributed by atoms with E-state index in [9.17, 15) is 9.18 Å². The molecule has 1 aromatic heterocycles. The number of piperazine rings is 1. The summed E-state index contributed by atoms with van der Waals surface area (Å²) in [5.41, 5.74) is 1.00. The molecule has 0 spiro atoms. The van der Waals surface area contributed by atoms with Crippen LogP contribution in [-0.2, 0) is 4.79 Å². The predicted molar refractivity (Wildman–Crippen MR) is 90.3 cm³/mol. The highest BCUT2D eigenvalue weighted by Crippen LogP contribution is 2.22. The van der Waals surface area contributed by atoms with Crippen LogP contribution in [0.15, 0.2) is 35.8 Å². The first-order chi connectivity index (χ1) is 11.1. The largest absolute Gasteiger partial charge is 0.345 e. The van der Waals surface area contributed by atoms with E-state index in [0.717, 1.165) is 36.9 Å². The van der Waals surface area contributed by atoms with Gasteiger partial charge in [0.2, 0.25) is 5.91 Å². The van der Waals surface area contributed by atoms with Crippen LogP contribution < -0.4 is 4.90 Å². The summed E-state index contributed by atoms with van der Waals surface area (Å²) < 4.78 is 13.0. The molecule has 0 N–H and O–H groups in total. The highest BCUT2D eigenvalue weighted by atomic mass is 32.1. The Morgan fingerprint density at radius 2 is 1.96 bits per heavy atom. The quantitative estimate of drug-likeness (QED) is 0.862. The van der Waals surface area contributed by atoms with E-state index in [1.54, 1.807) is 23.5 Å². The number of carbonyl (C=O) groups excluding carboxylic acids is 1. The minimum atomic E-state index is -0.245. The van der Waals surface area contributed by atoms with Gasteiger partial charge < -0.3 is 9.80 Å². The van der Waals surface area contributed by atoms with Gasteiger partial charge in [-0.2, -0.15) is 0 Å². The molecule has 122 valence electrons. The topological polar surface area (TPSA) is 36.4 Å². The number of hydrogen-bond donors (Lipinski definition) is 0. The molecule has 1 atom stereocenters. The molecule has 0 unspecified atom stereocenters. The SMILES string of the molecule is C[C@H](CC(=O)N1CCN(c2nccs2)CC1)c1ccc(F)cc1. The van der Waals surface area contributed by atoms with Crippen LogP contribution in [0.1, 0.15) is 24.8 Å². The minimum Gasteiger partial charge on any atom is -0.345 e. The number of anilines is 1. The van der Waals surface area contributed by atoms with Crippen molar-refractivity contribution >= 4 is 22.4 Å². The van der Waals surface area contributed by atoms with Crippen LogP contribution in [0, 0.1) is 5.82 Å². The molecular weight excluding hydrogens is 313 g/mol. The number of aromatic nitrogens is 1. The lowest BCUT2D eigenvalue weighted by Gasteiger charge is -2.35. The highest BCUT2D eigenvalue weighted by molar-refractivity contribution is 7.13. The molecule has 4 nitrogen and oxygen atoms in total. The maximum atomic E-state index is 13.0. The first-order valence-electron chi connectivity index (χ1n) is 7.81. The summed E-state index contributed by atoms with van der Waals surface area (Å²) in [6.07, 6.45) is 2.27. The molecular formula is C17H20FN3OS. The second-order valence-corrected chi connectivity index (χ2v) is 6.71. The van der Waals surface area contributed by atoms with Crippen molar-refractivity contribution in [3.63, 3.8) is 0 Å². The number of benzene rings is 1. The van der Waals surface area contributed by atoms with Gasteiger partial charge in [-0.3, -0.25) is 4.79 Å². The molecule has 0 aliphatic carbocycles. The average molecular weight is 333 g/mol. The van der Waals surface area contributed by atoms with E-state index in [-0.39, 0.29) is 17.6 Å². The molecule has 23 heavy (non-hydrogen) atoms. The van der Waals surface area contributed by atoms with Crippen LogP contribution in [0.2, 0.25) is 0 Å². The molecule has 0 bridgehead atoms. The molecule has 6 heteroatoms. The summed E-state index contributed by atoms with van der Waals surface area (Å²) in [5, 5.41) is 2.99. The normalized spacial score (nSPS) is 16.4. The van der Waals surface area contributed by atoms with Crippen molar-refractivity contribution in [2.24, 2.45) is 0 Å². The summed E-state index contributed by atoms with van der Waals surface area (Å²) in [6, 6.07) is 6.41. The van der Waals surface area contributed by atoms with Gasteiger partial charge in [-0.15, -0.1) is 11.3 Å². The third-order valence-electron chi connectivity index (χ3n) is 4.24. The van der Waals surface area contributed by atoms with Gasteiger partial charge in [0, 0.05) is 44.2 Å². The van der Waals surface area contributed by atoms with Crippen molar-refractivity contribution in [2.75, 3.05) is 31.1 Å². The molecule has 1 aromatic carbocycles. The Kier molecular flexibility index (Phi) is 4.91. The monoisotopic (exact) mass is 333 g/mol. The van der Waals surface area contributed by atoms with E-state index in [0.29, 0.717) is 6.42 Å². The molecule has 1 saturated heterocycles. The van der Waals surface area contributed by atoms with Crippen LogP contribution in [0.4, 0.5) is 9.52 Å². The number of hydrogen-bond acceptors (Lipinski definition) is 4. The van der Waals surface area contributed by atoms with Gasteiger partial charge in [0.25, 0.3) is 0 Å². The van der Waals surface area contributed by atoms with Crippen molar-refractivity contribution in [2.45, 2.75) is 19.3 Å². The van der Waals surface area contributed by atoms with E-state index < -0.39 is 0 Å². The summed E-state index contributed by atoms with van der Waals surface area (Å²) in [6.45, 7) is 5.12. The fraction of sp³-hybridized carbons (Fsp3) is 0.412. The fourth-order valence-corrected chi connectivity index (χ4v) is 3.52. The van der Waals surface area contributed by atoms with E-state index >= 15 is 0 Å². The molecule has 3 rings (SSSR count). The Bertz CT molecular complexity index is 636. The lowest BCUT2D eigenvalue weighted by atomic mass is 9.97. The van der Waals surface area contributed by atoms with Gasteiger partial charge in [0.1, 0.15) is 5.82 Å². The van der Waals surface area contributed by atoms with Gasteiger partial charge in [0.15, 0.2) is 5.13 Å². The molecule has 0 saturated carbocycles. The smallest absolute Gasteiger partial charge is 0.223 e. The number of rotatable bonds is 4. The predicted octanol–water partition coefficient (Wildman–Crippen LogP) is 3.12. The molecule has 1 aliphatic rings. The number of halogens is 1. The van der Waals surface area contributed by atoms with Gasteiger partial charge in [-0.05, 0) is 23.6 Å². The minimum absolute atomic E-state index is 0.0973. The van der Waals surface area contributed by atoms with Crippen molar-refractivity contribution < 1.29 is 9.18 Å². The fourth-order valence-electron chi connectivity index (χ4n) is 2.82. The van der Waals surface area contributed by atoms with E-state index in [1.165, 1.54) is 12.1 Å². The van der Waals surface area contributed by atoms with E-state index in [2.05, 4.69) is 9.88 Å². The van der Waals surface area contributed by atoms with Crippen molar-refractivity contribution in [1.29, 1.82) is 0 Å². The standard InChI is InChI=1S/C17H20FN3OS/c1-13(14-2-4-15(18)5-3-14)12-16(22)20-7-9-21(10-8-20)17-19-6-11-23-17/h2-6,11,13H,7-10,12H2,1H3/t13-/m1/s1. The van der Waals surface area contributed by atoms with Crippen LogP contribution in [0.5, 0.6) is 0 Å². The third-order valence-corrected chi connectivity index (χ3v) is 5.07. The molecule has 1 amide bonds. The number of amides is 1. The van der Waals surface area contributed by atoms with Gasteiger partial charge in [-0.1, -0.05) is 19.1 Å². The van der Waals surface area contributed by atoms with Crippen LogP contribution in [0.3, 0.4) is 0 Å². The number of thiazole rings is 1. The molecule has 2 aromatic rings. The molecule has 2 heterocycles. The van der Waals surface area contributed by atoms with E-state index in [4.69, 9.17) is 0 Å². The highest BCUT2D eigenvalue weighted by Gasteiger charge is 2.23. The lowest BCUT2D eigenvalue weighted by molar-refractivity contribution is -0.131. The number of nitrogens with zero attached hydrogens (tertiary/aromatic N) is 3. The Labute approximate surface area is 139 Å². The zero-order chi connectivity index (χ0) is 16.2. The van der Waals surface area contributed by atoms with Crippen LogP contribution in [-0.4, -0.2) is 42.0 Å². The average Bonchev–Trinajstić information content (AvgIpc) is 3.10. The van der Waals surface area contributed by atoms with E-state index in [1.807, 2.05) is 23.4 Å². The molecule has 1 fully saturated rings. The lowest BCUT2D eigenvalue weighted by Crippen LogP contribution is -2.49. The first kappa shape index (κ1) is 15.9. The number of carbonyl (C=O) groups is 1. The Morgan fingerprint density at radius 1 is 1.26 bits per heavy atom. The zero-order valence-corrected chi connectivity index (χ0v) is 13.9. The summed E-state index contributed by atoms with van der Waals surface area (Å²) in [5.74, 6) is 0.0197. The molecule has 0 radical (unpaired) electrons. The van der Waals surface area contributed by atoms with Gasteiger partial charge in [0.05, 0.1) is 0 Å². The van der Waals surface area contributed by atoms with Gasteiger partial charge in [-0.25, -0.2) is 9.37 Å². The summed E-state index contributed by atoms with van der Waals surface area (Å²) in [7, 11) is 0. The van der Waals surface area contributed by atoms with Crippen LogP contribution in [0.25, 0.3) is 0 Å². The zero-order valence-electron chi connectivity index (χ0n) is 13.1. The van der Waals surface area contributed by atoms with Crippen molar-refractivity contribution in [1.82, 2.24) is 9.88 Å². The first-order valence-corrected chi connectivity index (χ1v) is 8.69. The Morgan fingerprint density at radius 3 is 2.57 bits per heavy atom.